The van der Waals surface area contributed by atoms with Crippen LogP contribution < -0.4 is 0 Å². The Bertz CT molecular complexity index is 1110. The summed E-state index contributed by atoms with van der Waals surface area (Å²) in [4.78, 5) is 12.2. The van der Waals surface area contributed by atoms with Crippen LogP contribution in [-0.4, -0.2) is 26.4 Å². The molecule has 0 saturated carbocycles. The second-order valence-electron chi connectivity index (χ2n) is 5.76. The number of esters is 1. The molecule has 0 saturated heterocycles. The Balaban J connectivity index is 1.40. The molecular formula is C19H12BrClN4O3. The van der Waals surface area contributed by atoms with Crippen LogP contribution in [0.3, 0.4) is 0 Å². The smallest absolute Gasteiger partial charge is 0.356 e. The maximum absolute atomic E-state index is 12.2. The van der Waals surface area contributed by atoms with E-state index in [1.807, 2.05) is 36.4 Å². The lowest BCUT2D eigenvalue weighted by molar-refractivity contribution is 0.0431. The molecule has 0 atom stereocenters. The zero-order valence-corrected chi connectivity index (χ0v) is 16.6. The van der Waals surface area contributed by atoms with E-state index in [4.69, 9.17) is 20.8 Å². The summed E-state index contributed by atoms with van der Waals surface area (Å²) < 4.78 is 11.7. The second kappa shape index (κ2) is 7.95. The van der Waals surface area contributed by atoms with Crippen molar-refractivity contribution >= 4 is 33.5 Å². The molecule has 4 rings (SSSR count). The number of nitrogens with one attached hydrogen (secondary N) is 1. The number of benzene rings is 2. The average molecular weight is 460 g/mol. The highest BCUT2D eigenvalue weighted by Crippen LogP contribution is 2.22. The van der Waals surface area contributed by atoms with Gasteiger partial charge in [-0.25, -0.2) is 4.79 Å². The maximum Gasteiger partial charge on any atom is 0.356 e. The predicted octanol–water partition coefficient (Wildman–Crippen LogP) is 4.90. The molecule has 0 radical (unpaired) electrons. The van der Waals surface area contributed by atoms with Crippen LogP contribution in [0.1, 0.15) is 16.4 Å². The fourth-order valence-electron chi connectivity index (χ4n) is 2.42. The molecule has 1 N–H and O–H groups in total. The molecule has 0 unspecified atom stereocenters. The lowest BCUT2D eigenvalue weighted by Crippen LogP contribution is -2.05. The first kappa shape index (κ1) is 18.4. The first-order valence-corrected chi connectivity index (χ1v) is 9.32. The number of aromatic amines is 1. The van der Waals surface area contributed by atoms with Crippen molar-refractivity contribution in [2.24, 2.45) is 0 Å². The van der Waals surface area contributed by atoms with E-state index >= 15 is 0 Å². The molecule has 2 heterocycles. The van der Waals surface area contributed by atoms with E-state index < -0.39 is 5.97 Å². The van der Waals surface area contributed by atoms with Crippen molar-refractivity contribution < 1.29 is 13.9 Å². The summed E-state index contributed by atoms with van der Waals surface area (Å²) in [7, 11) is 0. The van der Waals surface area contributed by atoms with Gasteiger partial charge in [-0.3, -0.25) is 5.10 Å². The van der Waals surface area contributed by atoms with Gasteiger partial charge in [-0.15, -0.1) is 10.2 Å². The summed E-state index contributed by atoms with van der Waals surface area (Å²) in [6.07, 6.45) is 0. The van der Waals surface area contributed by atoms with Crippen molar-refractivity contribution in [3.05, 3.63) is 75.7 Å². The third-order valence-electron chi connectivity index (χ3n) is 3.82. The number of rotatable bonds is 5. The molecular weight excluding hydrogens is 448 g/mol. The van der Waals surface area contributed by atoms with Crippen LogP contribution in [0.15, 0.2) is 63.5 Å². The van der Waals surface area contributed by atoms with E-state index in [1.54, 1.807) is 18.2 Å². The quantitative estimate of drug-likeness (QED) is 0.427. The van der Waals surface area contributed by atoms with Gasteiger partial charge in [0.25, 0.3) is 5.89 Å². The van der Waals surface area contributed by atoms with E-state index in [2.05, 4.69) is 36.3 Å². The van der Waals surface area contributed by atoms with Crippen LogP contribution in [0.4, 0.5) is 0 Å². The number of aromatic nitrogens is 4. The molecule has 2 aromatic carbocycles. The Hall–Kier alpha value is -2.97. The normalized spacial score (nSPS) is 10.8. The van der Waals surface area contributed by atoms with Crippen molar-refractivity contribution in [2.45, 2.75) is 6.61 Å². The molecule has 0 aliphatic rings. The molecule has 0 spiro atoms. The third-order valence-corrected chi connectivity index (χ3v) is 4.60. The minimum absolute atomic E-state index is 0.141. The van der Waals surface area contributed by atoms with Gasteiger partial charge in [-0.05, 0) is 42.5 Å². The zero-order chi connectivity index (χ0) is 19.5. The maximum atomic E-state index is 12.2. The van der Waals surface area contributed by atoms with Gasteiger partial charge in [0.15, 0.2) is 6.61 Å². The second-order valence-corrected chi connectivity index (χ2v) is 7.11. The highest BCUT2D eigenvalue weighted by molar-refractivity contribution is 9.10. The van der Waals surface area contributed by atoms with Gasteiger partial charge in [0.2, 0.25) is 5.89 Å². The molecule has 7 nitrogen and oxygen atoms in total. The number of H-pyrrole nitrogens is 1. The third kappa shape index (κ3) is 4.13. The van der Waals surface area contributed by atoms with Gasteiger partial charge in [0.1, 0.15) is 5.69 Å². The molecule has 4 aromatic rings. The number of hydrogen-bond acceptors (Lipinski definition) is 6. The number of ether oxygens (including phenoxy) is 1. The number of carbonyl (C=O) groups is 1. The van der Waals surface area contributed by atoms with Crippen molar-refractivity contribution in [3.63, 3.8) is 0 Å². The molecule has 0 bridgehead atoms. The minimum Gasteiger partial charge on any atom is -0.451 e. The first-order valence-electron chi connectivity index (χ1n) is 8.15. The highest BCUT2D eigenvalue weighted by Gasteiger charge is 2.15. The van der Waals surface area contributed by atoms with Crippen LogP contribution in [0.25, 0.3) is 22.7 Å². The van der Waals surface area contributed by atoms with Crippen LogP contribution in [0.5, 0.6) is 0 Å². The molecule has 0 aliphatic heterocycles. The standard InChI is InChI=1S/C19H12BrClN4O3/c20-13-5-1-12(2-6-13)18-25-24-17(28-18)10-27-19(26)16-9-15(22-23-16)11-3-7-14(21)8-4-11/h1-9H,10H2,(H,22,23). The van der Waals surface area contributed by atoms with E-state index in [-0.39, 0.29) is 18.2 Å². The monoisotopic (exact) mass is 458 g/mol. The lowest BCUT2D eigenvalue weighted by atomic mass is 10.1. The summed E-state index contributed by atoms with van der Waals surface area (Å²) >= 11 is 9.25. The van der Waals surface area contributed by atoms with Crippen molar-refractivity contribution in [2.75, 3.05) is 0 Å². The van der Waals surface area contributed by atoms with Crippen molar-refractivity contribution in [3.8, 4) is 22.7 Å². The fraction of sp³-hybridized carbons (Fsp3) is 0.0526. The van der Waals surface area contributed by atoms with Crippen molar-refractivity contribution in [1.82, 2.24) is 20.4 Å². The van der Waals surface area contributed by atoms with Crippen molar-refractivity contribution in [1.29, 1.82) is 0 Å². The molecule has 9 heteroatoms. The fourth-order valence-corrected chi connectivity index (χ4v) is 2.81. The average Bonchev–Trinajstić information content (AvgIpc) is 3.37. The van der Waals surface area contributed by atoms with Gasteiger partial charge >= 0.3 is 5.97 Å². The summed E-state index contributed by atoms with van der Waals surface area (Å²) in [6, 6.07) is 16.2. The number of halogens is 2. The van der Waals surface area contributed by atoms with Gasteiger partial charge < -0.3 is 9.15 Å². The topological polar surface area (TPSA) is 93.9 Å². The summed E-state index contributed by atoms with van der Waals surface area (Å²) in [5.41, 5.74) is 2.43. The molecule has 0 amide bonds. The number of carbonyl (C=O) groups excluding carboxylic acids is 1. The Morgan fingerprint density at radius 3 is 2.54 bits per heavy atom. The number of hydrogen-bond donors (Lipinski definition) is 1. The van der Waals surface area contributed by atoms with E-state index in [0.29, 0.717) is 16.6 Å². The van der Waals surface area contributed by atoms with E-state index in [9.17, 15) is 4.79 Å². The highest BCUT2D eigenvalue weighted by atomic mass is 79.9. The molecule has 0 aliphatic carbocycles. The Labute approximate surface area is 172 Å². The van der Waals surface area contributed by atoms with E-state index in [0.717, 1.165) is 15.6 Å². The van der Waals surface area contributed by atoms with E-state index in [1.165, 1.54) is 0 Å². The van der Waals surface area contributed by atoms with Gasteiger partial charge in [-0.2, -0.15) is 5.10 Å². The SMILES string of the molecule is O=C(OCc1nnc(-c2ccc(Br)cc2)o1)c1cc(-c2ccc(Cl)cc2)n[nH]1. The lowest BCUT2D eigenvalue weighted by Gasteiger charge is -1.99. The minimum atomic E-state index is -0.573. The van der Waals surface area contributed by atoms with Crippen LogP contribution in [-0.2, 0) is 11.3 Å². The Kier molecular flexibility index (Phi) is 5.23. The number of nitrogens with zero attached hydrogens (tertiary/aromatic N) is 3. The molecule has 28 heavy (non-hydrogen) atoms. The van der Waals surface area contributed by atoms with Gasteiger partial charge in [0, 0.05) is 20.6 Å². The molecule has 0 fully saturated rings. The summed E-state index contributed by atoms with van der Waals surface area (Å²) in [5, 5.41) is 15.3. The predicted molar refractivity (Wildman–Crippen MR) is 106 cm³/mol. The van der Waals surface area contributed by atoms with Crippen LogP contribution >= 0.6 is 27.5 Å². The first-order chi connectivity index (χ1) is 13.6. The Morgan fingerprint density at radius 1 is 1.07 bits per heavy atom. The summed E-state index contributed by atoms with van der Waals surface area (Å²) in [5.74, 6) is -0.0232. The largest absolute Gasteiger partial charge is 0.451 e. The van der Waals surface area contributed by atoms with Gasteiger partial charge in [-0.1, -0.05) is 39.7 Å². The molecule has 2 aromatic heterocycles. The zero-order valence-electron chi connectivity index (χ0n) is 14.2. The van der Waals surface area contributed by atoms with Gasteiger partial charge in [0.05, 0.1) is 5.69 Å². The van der Waals surface area contributed by atoms with Crippen LogP contribution in [0.2, 0.25) is 5.02 Å². The Morgan fingerprint density at radius 2 is 1.79 bits per heavy atom. The van der Waals surface area contributed by atoms with Crippen LogP contribution in [0, 0.1) is 0 Å². The summed E-state index contributed by atoms with van der Waals surface area (Å²) in [6.45, 7) is -0.141. The molecule has 140 valence electrons.